The van der Waals surface area contributed by atoms with Gasteiger partial charge in [-0.05, 0) is 37.6 Å². The quantitative estimate of drug-likeness (QED) is 0.746. The summed E-state index contributed by atoms with van der Waals surface area (Å²) in [6.45, 7) is 4.44. The smallest absolute Gasteiger partial charge is 0.303 e. The molecule has 3 unspecified atom stereocenters. The molecule has 2 aliphatic rings. The Kier molecular flexibility index (Phi) is 2.77. The molecule has 1 saturated heterocycles. The predicted octanol–water partition coefficient (Wildman–Crippen LogP) is 1.58. The molecule has 3 heteroatoms. The third-order valence-corrected chi connectivity index (χ3v) is 3.82. The van der Waals surface area contributed by atoms with E-state index >= 15 is 0 Å². The number of carbonyl (C=O) groups is 1. The highest BCUT2D eigenvalue weighted by atomic mass is 16.4. The third kappa shape index (κ3) is 1.92. The highest BCUT2D eigenvalue weighted by molar-refractivity contribution is 5.67. The van der Waals surface area contributed by atoms with Crippen LogP contribution < -0.4 is 0 Å². The molecule has 1 aliphatic carbocycles. The molecule has 0 aromatic rings. The minimum absolute atomic E-state index is 0.359. The Morgan fingerprint density at radius 1 is 1.43 bits per heavy atom. The van der Waals surface area contributed by atoms with Crippen molar-refractivity contribution in [2.24, 2.45) is 11.8 Å². The molecule has 3 nitrogen and oxygen atoms in total. The number of carboxylic acid groups (broad SMARTS) is 1. The van der Waals surface area contributed by atoms with Crippen LogP contribution in [0.25, 0.3) is 0 Å². The van der Waals surface area contributed by atoms with Gasteiger partial charge in [0.15, 0.2) is 0 Å². The van der Waals surface area contributed by atoms with E-state index in [1.54, 1.807) is 0 Å². The van der Waals surface area contributed by atoms with E-state index in [0.29, 0.717) is 12.3 Å². The number of hydrogen-bond donors (Lipinski definition) is 1. The molecule has 1 aliphatic heterocycles. The van der Waals surface area contributed by atoms with Gasteiger partial charge in [0.25, 0.3) is 0 Å². The van der Waals surface area contributed by atoms with E-state index in [2.05, 4.69) is 11.8 Å². The van der Waals surface area contributed by atoms with Gasteiger partial charge < -0.3 is 5.11 Å². The van der Waals surface area contributed by atoms with Crippen LogP contribution in [0.2, 0.25) is 0 Å². The topological polar surface area (TPSA) is 40.5 Å². The summed E-state index contributed by atoms with van der Waals surface area (Å²) in [5.74, 6) is 0.595. The van der Waals surface area contributed by atoms with Gasteiger partial charge in [0.2, 0.25) is 0 Å². The maximum atomic E-state index is 10.6. The molecule has 14 heavy (non-hydrogen) atoms. The lowest BCUT2D eigenvalue weighted by molar-refractivity contribution is -0.138. The fraction of sp³-hybridized carbons (Fsp3) is 0.909. The Labute approximate surface area is 85.1 Å². The monoisotopic (exact) mass is 197 g/mol. The fourth-order valence-electron chi connectivity index (χ4n) is 2.77. The summed E-state index contributed by atoms with van der Waals surface area (Å²) in [4.78, 5) is 13.1. The highest BCUT2D eigenvalue weighted by Crippen LogP contribution is 2.35. The first-order valence-electron chi connectivity index (χ1n) is 5.62. The lowest BCUT2D eigenvalue weighted by atomic mass is 9.80. The van der Waals surface area contributed by atoms with Crippen molar-refractivity contribution in [2.75, 3.05) is 13.1 Å². The number of hydrogen-bond acceptors (Lipinski definition) is 2. The van der Waals surface area contributed by atoms with Crippen LogP contribution in [0.5, 0.6) is 0 Å². The van der Waals surface area contributed by atoms with Gasteiger partial charge in [-0.2, -0.15) is 0 Å². The van der Waals surface area contributed by atoms with Crippen molar-refractivity contribution >= 4 is 5.97 Å². The van der Waals surface area contributed by atoms with Gasteiger partial charge in [-0.15, -0.1) is 0 Å². The summed E-state index contributed by atoms with van der Waals surface area (Å²) in [5, 5.41) is 8.70. The molecule has 80 valence electrons. The molecule has 0 radical (unpaired) electrons. The van der Waals surface area contributed by atoms with Crippen molar-refractivity contribution in [3.8, 4) is 0 Å². The lowest BCUT2D eigenvalue weighted by Crippen LogP contribution is -2.44. The zero-order valence-electron chi connectivity index (χ0n) is 8.78. The second-order valence-electron chi connectivity index (χ2n) is 4.87. The van der Waals surface area contributed by atoms with Crippen LogP contribution in [0, 0.1) is 11.8 Å². The number of carboxylic acids is 1. The SMILES string of the molecule is CC1CCC1N1CCC(CC(=O)O)C1. The van der Waals surface area contributed by atoms with E-state index in [0.717, 1.165) is 31.5 Å². The second-order valence-corrected chi connectivity index (χ2v) is 4.87. The first kappa shape index (κ1) is 9.97. The van der Waals surface area contributed by atoms with Crippen LogP contribution in [-0.2, 0) is 4.79 Å². The molecule has 1 heterocycles. The molecule has 0 aromatic heterocycles. The van der Waals surface area contributed by atoms with Gasteiger partial charge in [0.05, 0.1) is 0 Å². The second kappa shape index (κ2) is 3.89. The molecule has 2 rings (SSSR count). The van der Waals surface area contributed by atoms with E-state index in [-0.39, 0.29) is 0 Å². The van der Waals surface area contributed by atoms with Crippen molar-refractivity contribution in [1.29, 1.82) is 0 Å². The Hall–Kier alpha value is -0.570. The maximum Gasteiger partial charge on any atom is 0.303 e. The highest BCUT2D eigenvalue weighted by Gasteiger charge is 2.36. The van der Waals surface area contributed by atoms with Crippen molar-refractivity contribution in [1.82, 2.24) is 4.90 Å². The maximum absolute atomic E-state index is 10.6. The van der Waals surface area contributed by atoms with E-state index in [4.69, 9.17) is 5.11 Å². The zero-order chi connectivity index (χ0) is 10.1. The number of likely N-dealkylation sites (tertiary alicyclic amines) is 1. The van der Waals surface area contributed by atoms with Crippen LogP contribution in [0.3, 0.4) is 0 Å². The molecule has 1 N–H and O–H groups in total. The van der Waals surface area contributed by atoms with Crippen molar-refractivity contribution < 1.29 is 9.90 Å². The van der Waals surface area contributed by atoms with Crippen LogP contribution in [0.1, 0.15) is 32.6 Å². The van der Waals surface area contributed by atoms with Gasteiger partial charge in [0.1, 0.15) is 0 Å². The van der Waals surface area contributed by atoms with E-state index in [9.17, 15) is 4.79 Å². The molecule has 0 bridgehead atoms. The molecular weight excluding hydrogens is 178 g/mol. The number of nitrogens with zero attached hydrogens (tertiary/aromatic N) is 1. The molecule has 1 saturated carbocycles. The predicted molar refractivity (Wildman–Crippen MR) is 54.1 cm³/mol. The van der Waals surface area contributed by atoms with E-state index in [1.807, 2.05) is 0 Å². The van der Waals surface area contributed by atoms with E-state index in [1.165, 1.54) is 12.8 Å². The van der Waals surface area contributed by atoms with Crippen molar-refractivity contribution in [3.05, 3.63) is 0 Å². The van der Waals surface area contributed by atoms with Crippen LogP contribution in [0.4, 0.5) is 0 Å². The third-order valence-electron chi connectivity index (χ3n) is 3.82. The standard InChI is InChI=1S/C11H19NO2/c1-8-2-3-10(8)12-5-4-9(7-12)6-11(13)14/h8-10H,2-7H2,1H3,(H,13,14). The zero-order valence-corrected chi connectivity index (χ0v) is 8.78. The van der Waals surface area contributed by atoms with Crippen molar-refractivity contribution in [2.45, 2.75) is 38.6 Å². The Balaban J connectivity index is 1.79. The van der Waals surface area contributed by atoms with Crippen LogP contribution >= 0.6 is 0 Å². The summed E-state index contributed by atoms with van der Waals surface area (Å²) in [5.41, 5.74) is 0. The molecule has 2 fully saturated rings. The summed E-state index contributed by atoms with van der Waals surface area (Å²) in [6, 6.07) is 0.758. The first-order valence-corrected chi connectivity index (χ1v) is 5.62. The molecule has 0 amide bonds. The first-order chi connectivity index (χ1) is 6.66. The minimum atomic E-state index is -0.640. The Bertz CT molecular complexity index is 229. The summed E-state index contributed by atoms with van der Waals surface area (Å²) in [6.07, 6.45) is 4.11. The number of rotatable bonds is 3. The van der Waals surface area contributed by atoms with Gasteiger partial charge in [-0.25, -0.2) is 0 Å². The largest absolute Gasteiger partial charge is 0.481 e. The average Bonchev–Trinajstić information content (AvgIpc) is 2.49. The fourth-order valence-corrected chi connectivity index (χ4v) is 2.77. The van der Waals surface area contributed by atoms with Crippen LogP contribution in [0.15, 0.2) is 0 Å². The molecular formula is C11H19NO2. The molecule has 0 aromatic carbocycles. The van der Waals surface area contributed by atoms with Gasteiger partial charge in [-0.3, -0.25) is 9.69 Å². The average molecular weight is 197 g/mol. The van der Waals surface area contributed by atoms with Gasteiger partial charge >= 0.3 is 5.97 Å². The molecule has 3 atom stereocenters. The summed E-state index contributed by atoms with van der Waals surface area (Å²) < 4.78 is 0. The van der Waals surface area contributed by atoms with Gasteiger partial charge in [-0.1, -0.05) is 6.92 Å². The van der Waals surface area contributed by atoms with Gasteiger partial charge in [0, 0.05) is 19.0 Å². The van der Waals surface area contributed by atoms with E-state index < -0.39 is 5.97 Å². The lowest BCUT2D eigenvalue weighted by Gasteiger charge is -2.41. The summed E-state index contributed by atoms with van der Waals surface area (Å²) >= 11 is 0. The Morgan fingerprint density at radius 2 is 2.21 bits per heavy atom. The molecule has 0 spiro atoms. The minimum Gasteiger partial charge on any atom is -0.481 e. The normalized spacial score (nSPS) is 38.2. The summed E-state index contributed by atoms with van der Waals surface area (Å²) in [7, 11) is 0. The van der Waals surface area contributed by atoms with Crippen molar-refractivity contribution in [3.63, 3.8) is 0 Å². The Morgan fingerprint density at radius 3 is 2.71 bits per heavy atom. The number of aliphatic carboxylic acids is 1. The van der Waals surface area contributed by atoms with Crippen LogP contribution in [-0.4, -0.2) is 35.1 Å².